The molecule has 0 radical (unpaired) electrons. The van der Waals surface area contributed by atoms with Crippen LogP contribution in [0.1, 0.15) is 45.8 Å². The number of benzene rings is 1. The van der Waals surface area contributed by atoms with Gasteiger partial charge in [0.1, 0.15) is 11.3 Å². The van der Waals surface area contributed by atoms with Crippen LogP contribution in [0.2, 0.25) is 0 Å². The van der Waals surface area contributed by atoms with E-state index >= 15 is 0 Å². The van der Waals surface area contributed by atoms with Crippen LogP contribution in [0, 0.1) is 0 Å². The van der Waals surface area contributed by atoms with Crippen LogP contribution in [0.4, 0.5) is 0 Å². The summed E-state index contributed by atoms with van der Waals surface area (Å²) in [4.78, 5) is 23.5. The van der Waals surface area contributed by atoms with Gasteiger partial charge in [-0.05, 0) is 12.0 Å². The SMILES string of the molecule is CC[C@@H](NC(=O)c1c(C(=O)O)cnn1C)c1ccccc1. The van der Waals surface area contributed by atoms with Gasteiger partial charge in [0.05, 0.1) is 12.2 Å². The van der Waals surface area contributed by atoms with Crippen molar-refractivity contribution in [3.8, 4) is 0 Å². The summed E-state index contributed by atoms with van der Waals surface area (Å²) in [6.07, 6.45) is 1.89. The summed E-state index contributed by atoms with van der Waals surface area (Å²) in [5, 5.41) is 15.8. The van der Waals surface area contributed by atoms with Crippen molar-refractivity contribution in [1.82, 2.24) is 15.1 Å². The molecule has 1 amide bonds. The fourth-order valence-corrected chi connectivity index (χ4v) is 2.20. The van der Waals surface area contributed by atoms with E-state index in [9.17, 15) is 9.59 Å². The Morgan fingerprint density at radius 3 is 2.57 bits per heavy atom. The van der Waals surface area contributed by atoms with Crippen LogP contribution in [0.25, 0.3) is 0 Å². The highest BCUT2D eigenvalue weighted by atomic mass is 16.4. The molecule has 21 heavy (non-hydrogen) atoms. The third-order valence-corrected chi connectivity index (χ3v) is 3.30. The molecule has 0 unspecified atom stereocenters. The summed E-state index contributed by atoms with van der Waals surface area (Å²) < 4.78 is 1.27. The van der Waals surface area contributed by atoms with E-state index in [1.807, 2.05) is 37.3 Å². The average Bonchev–Trinajstić information content (AvgIpc) is 2.87. The number of carboxylic acid groups (broad SMARTS) is 1. The third kappa shape index (κ3) is 3.10. The highest BCUT2D eigenvalue weighted by Crippen LogP contribution is 2.17. The van der Waals surface area contributed by atoms with Crippen LogP contribution in [-0.2, 0) is 7.05 Å². The molecule has 2 aromatic rings. The van der Waals surface area contributed by atoms with Crippen LogP contribution in [0.3, 0.4) is 0 Å². The molecular formula is C15H17N3O3. The van der Waals surface area contributed by atoms with Crippen LogP contribution < -0.4 is 5.32 Å². The second kappa shape index (κ2) is 6.21. The number of carbonyl (C=O) groups excluding carboxylic acids is 1. The Hall–Kier alpha value is -2.63. The van der Waals surface area contributed by atoms with Crippen molar-refractivity contribution in [2.24, 2.45) is 7.05 Å². The van der Waals surface area contributed by atoms with E-state index in [-0.39, 0.29) is 17.3 Å². The number of carbonyl (C=O) groups is 2. The van der Waals surface area contributed by atoms with E-state index < -0.39 is 11.9 Å². The van der Waals surface area contributed by atoms with Gasteiger partial charge in [0.2, 0.25) is 0 Å². The van der Waals surface area contributed by atoms with E-state index in [1.54, 1.807) is 7.05 Å². The normalized spacial score (nSPS) is 11.9. The van der Waals surface area contributed by atoms with Gasteiger partial charge in [0, 0.05) is 7.05 Å². The molecule has 0 bridgehead atoms. The lowest BCUT2D eigenvalue weighted by Crippen LogP contribution is -2.31. The predicted octanol–water partition coefficient (Wildman–Crippen LogP) is 2.00. The van der Waals surface area contributed by atoms with Crippen molar-refractivity contribution in [2.45, 2.75) is 19.4 Å². The van der Waals surface area contributed by atoms with Crippen molar-refractivity contribution < 1.29 is 14.7 Å². The van der Waals surface area contributed by atoms with E-state index in [4.69, 9.17) is 5.11 Å². The number of aryl methyl sites for hydroxylation is 1. The minimum absolute atomic E-state index is 0.0527. The molecule has 0 fully saturated rings. The quantitative estimate of drug-likeness (QED) is 0.881. The van der Waals surface area contributed by atoms with E-state index in [2.05, 4.69) is 10.4 Å². The van der Waals surface area contributed by atoms with E-state index in [0.717, 1.165) is 5.56 Å². The van der Waals surface area contributed by atoms with E-state index in [1.165, 1.54) is 10.9 Å². The summed E-state index contributed by atoms with van der Waals surface area (Å²) in [7, 11) is 1.55. The number of nitrogens with one attached hydrogen (secondary N) is 1. The van der Waals surface area contributed by atoms with Gasteiger partial charge < -0.3 is 10.4 Å². The maximum absolute atomic E-state index is 12.4. The summed E-state index contributed by atoms with van der Waals surface area (Å²) in [5.74, 6) is -1.61. The Bertz CT molecular complexity index is 649. The molecule has 110 valence electrons. The smallest absolute Gasteiger partial charge is 0.339 e. The highest BCUT2D eigenvalue weighted by molar-refractivity contribution is 6.03. The Labute approximate surface area is 122 Å². The molecule has 0 aliphatic carbocycles. The van der Waals surface area contributed by atoms with Crippen LogP contribution in [0.15, 0.2) is 36.5 Å². The second-order valence-corrected chi connectivity index (χ2v) is 4.68. The minimum Gasteiger partial charge on any atom is -0.478 e. The van der Waals surface area contributed by atoms with Gasteiger partial charge in [-0.1, -0.05) is 37.3 Å². The van der Waals surface area contributed by atoms with Crippen molar-refractivity contribution in [1.29, 1.82) is 0 Å². The van der Waals surface area contributed by atoms with Crippen LogP contribution >= 0.6 is 0 Å². The molecule has 1 atom stereocenters. The van der Waals surface area contributed by atoms with Gasteiger partial charge in [-0.3, -0.25) is 9.48 Å². The Morgan fingerprint density at radius 2 is 2.00 bits per heavy atom. The third-order valence-electron chi connectivity index (χ3n) is 3.30. The average molecular weight is 287 g/mol. The van der Waals surface area contributed by atoms with Gasteiger partial charge in [0.25, 0.3) is 5.91 Å². The molecule has 6 nitrogen and oxygen atoms in total. The first-order chi connectivity index (χ1) is 10.0. The zero-order valence-electron chi connectivity index (χ0n) is 11.9. The number of carboxylic acids is 1. The molecular weight excluding hydrogens is 270 g/mol. The van der Waals surface area contributed by atoms with Gasteiger partial charge in [-0.15, -0.1) is 0 Å². The first-order valence-corrected chi connectivity index (χ1v) is 6.65. The molecule has 0 aliphatic heterocycles. The molecule has 6 heteroatoms. The summed E-state index contributed by atoms with van der Waals surface area (Å²) in [6.45, 7) is 1.96. The summed E-state index contributed by atoms with van der Waals surface area (Å²) in [6, 6.07) is 9.39. The molecule has 0 spiro atoms. The largest absolute Gasteiger partial charge is 0.478 e. The standard InChI is InChI=1S/C15H17N3O3/c1-3-12(10-7-5-4-6-8-10)17-14(19)13-11(15(20)21)9-16-18(13)2/h4-9,12H,3H2,1-2H3,(H,17,19)(H,20,21)/t12-/m1/s1. The molecule has 0 saturated carbocycles. The van der Waals surface area contributed by atoms with Crippen LogP contribution in [-0.4, -0.2) is 26.8 Å². The molecule has 1 aromatic carbocycles. The lowest BCUT2D eigenvalue weighted by Gasteiger charge is -2.17. The molecule has 2 N–H and O–H groups in total. The molecule has 2 rings (SSSR count). The number of aromatic nitrogens is 2. The maximum atomic E-state index is 12.4. The molecule has 1 aromatic heterocycles. The number of hydrogen-bond acceptors (Lipinski definition) is 3. The van der Waals surface area contributed by atoms with E-state index in [0.29, 0.717) is 6.42 Å². The molecule has 0 saturated heterocycles. The highest BCUT2D eigenvalue weighted by Gasteiger charge is 2.23. The summed E-state index contributed by atoms with van der Waals surface area (Å²) in [5.41, 5.74) is 0.933. The predicted molar refractivity (Wildman–Crippen MR) is 77.1 cm³/mol. The first kappa shape index (κ1) is 14.8. The van der Waals surface area contributed by atoms with Crippen LogP contribution in [0.5, 0.6) is 0 Å². The summed E-state index contributed by atoms with van der Waals surface area (Å²) >= 11 is 0. The lowest BCUT2D eigenvalue weighted by molar-refractivity contribution is 0.0690. The van der Waals surface area contributed by atoms with Crippen molar-refractivity contribution in [3.63, 3.8) is 0 Å². The fraction of sp³-hybridized carbons (Fsp3) is 0.267. The Morgan fingerprint density at radius 1 is 1.33 bits per heavy atom. The van der Waals surface area contributed by atoms with Gasteiger partial charge >= 0.3 is 5.97 Å². The molecule has 1 heterocycles. The number of rotatable bonds is 5. The van der Waals surface area contributed by atoms with Gasteiger partial charge in [0.15, 0.2) is 0 Å². The lowest BCUT2D eigenvalue weighted by atomic mass is 10.0. The number of amides is 1. The number of nitrogens with zero attached hydrogens (tertiary/aromatic N) is 2. The number of hydrogen-bond donors (Lipinski definition) is 2. The topological polar surface area (TPSA) is 84.2 Å². The fourth-order valence-electron chi connectivity index (χ4n) is 2.20. The van der Waals surface area contributed by atoms with Crippen molar-refractivity contribution in [2.75, 3.05) is 0 Å². The maximum Gasteiger partial charge on any atom is 0.339 e. The monoisotopic (exact) mass is 287 g/mol. The zero-order chi connectivity index (χ0) is 15.4. The minimum atomic E-state index is -1.17. The molecule has 0 aliphatic rings. The number of aromatic carboxylic acids is 1. The van der Waals surface area contributed by atoms with Crippen molar-refractivity contribution >= 4 is 11.9 Å². The van der Waals surface area contributed by atoms with Crippen molar-refractivity contribution in [3.05, 3.63) is 53.3 Å². The van der Waals surface area contributed by atoms with Gasteiger partial charge in [-0.2, -0.15) is 5.10 Å². The van der Waals surface area contributed by atoms with Gasteiger partial charge in [-0.25, -0.2) is 4.79 Å². The zero-order valence-corrected chi connectivity index (χ0v) is 11.9. The second-order valence-electron chi connectivity index (χ2n) is 4.68. The Kier molecular flexibility index (Phi) is 4.37. The first-order valence-electron chi connectivity index (χ1n) is 6.65. The Balaban J connectivity index is 2.25.